The predicted octanol–water partition coefficient (Wildman–Crippen LogP) is 2.40. The molecule has 19 heavy (non-hydrogen) atoms. The van der Waals surface area contributed by atoms with E-state index in [9.17, 15) is 9.59 Å². The molecule has 1 aromatic heterocycles. The fourth-order valence-electron chi connectivity index (χ4n) is 2.60. The van der Waals surface area contributed by atoms with Crippen molar-refractivity contribution < 1.29 is 14.7 Å². The van der Waals surface area contributed by atoms with Crippen molar-refractivity contribution in [2.24, 2.45) is 11.8 Å². The van der Waals surface area contributed by atoms with Crippen LogP contribution in [0.1, 0.15) is 36.2 Å². The molecule has 2 rings (SSSR count). The van der Waals surface area contributed by atoms with Crippen LogP contribution in [0.5, 0.6) is 0 Å². The minimum atomic E-state index is -0.749. The van der Waals surface area contributed by atoms with E-state index in [1.165, 1.54) is 0 Å². The van der Waals surface area contributed by atoms with Crippen molar-refractivity contribution in [1.82, 2.24) is 10.3 Å². The molecule has 2 atom stereocenters. The number of aromatic amines is 1. The lowest BCUT2D eigenvalue weighted by Gasteiger charge is -2.28. The smallest absolute Gasteiger partial charge is 0.306 e. The van der Waals surface area contributed by atoms with E-state index in [1.54, 1.807) is 12.3 Å². The zero-order valence-electron chi connectivity index (χ0n) is 10.5. The molecule has 0 aliphatic heterocycles. The van der Waals surface area contributed by atoms with Gasteiger partial charge in [0.05, 0.1) is 5.92 Å². The summed E-state index contributed by atoms with van der Waals surface area (Å²) in [4.78, 5) is 25.9. The first kappa shape index (κ1) is 14.1. The van der Waals surface area contributed by atoms with Crippen molar-refractivity contribution in [2.45, 2.75) is 25.7 Å². The summed E-state index contributed by atoms with van der Waals surface area (Å²) < 4.78 is 0.818. The first-order valence-electron chi connectivity index (χ1n) is 6.43. The summed E-state index contributed by atoms with van der Waals surface area (Å²) in [5, 5.41) is 12.0. The maximum absolute atomic E-state index is 11.9. The van der Waals surface area contributed by atoms with Crippen LogP contribution in [-0.4, -0.2) is 28.5 Å². The number of rotatable bonds is 4. The van der Waals surface area contributed by atoms with Crippen LogP contribution in [0.2, 0.25) is 0 Å². The number of carbonyl (C=O) groups excluding carboxylic acids is 1. The number of aromatic nitrogens is 1. The number of nitrogens with one attached hydrogen (secondary N) is 2. The van der Waals surface area contributed by atoms with Crippen molar-refractivity contribution in [3.63, 3.8) is 0 Å². The zero-order valence-corrected chi connectivity index (χ0v) is 12.1. The molecule has 0 radical (unpaired) electrons. The largest absolute Gasteiger partial charge is 0.481 e. The summed E-state index contributed by atoms with van der Waals surface area (Å²) in [6, 6.07) is 1.70. The van der Waals surface area contributed by atoms with Crippen LogP contribution >= 0.6 is 15.9 Å². The predicted molar refractivity (Wildman–Crippen MR) is 73.9 cm³/mol. The molecule has 1 heterocycles. The second kappa shape index (κ2) is 6.23. The molecule has 104 valence electrons. The standard InChI is InChI=1S/C13H17BrN2O3/c14-9-5-11(15-7-9)12(17)16-6-8-3-1-2-4-10(8)13(18)19/h5,7-8,10,15H,1-4,6H2,(H,16,17)(H,18,19). The lowest BCUT2D eigenvalue weighted by atomic mass is 9.79. The average Bonchev–Trinajstić information content (AvgIpc) is 2.83. The van der Waals surface area contributed by atoms with Gasteiger partial charge in [-0.05, 0) is 40.8 Å². The first-order chi connectivity index (χ1) is 9.08. The summed E-state index contributed by atoms with van der Waals surface area (Å²) in [6.07, 6.45) is 5.27. The average molecular weight is 329 g/mol. The van der Waals surface area contributed by atoms with Gasteiger partial charge in [0.15, 0.2) is 0 Å². The third-order valence-corrected chi connectivity index (χ3v) is 4.10. The van der Waals surface area contributed by atoms with E-state index in [1.807, 2.05) is 0 Å². The van der Waals surface area contributed by atoms with Crippen molar-refractivity contribution in [3.05, 3.63) is 22.4 Å². The van der Waals surface area contributed by atoms with Crippen LogP contribution in [0.3, 0.4) is 0 Å². The van der Waals surface area contributed by atoms with Gasteiger partial charge < -0.3 is 15.4 Å². The lowest BCUT2D eigenvalue weighted by molar-refractivity contribution is -0.144. The van der Waals surface area contributed by atoms with Gasteiger partial charge >= 0.3 is 5.97 Å². The van der Waals surface area contributed by atoms with Gasteiger partial charge in [-0.25, -0.2) is 0 Å². The molecule has 2 unspecified atom stereocenters. The first-order valence-corrected chi connectivity index (χ1v) is 7.22. The molecular formula is C13H17BrN2O3. The molecule has 5 nitrogen and oxygen atoms in total. The highest BCUT2D eigenvalue weighted by Gasteiger charge is 2.30. The fourth-order valence-corrected chi connectivity index (χ4v) is 2.94. The van der Waals surface area contributed by atoms with E-state index in [0.29, 0.717) is 18.7 Å². The van der Waals surface area contributed by atoms with Gasteiger partial charge in [-0.2, -0.15) is 0 Å². The minimum absolute atomic E-state index is 0.0357. The van der Waals surface area contributed by atoms with E-state index < -0.39 is 5.97 Å². The SMILES string of the molecule is O=C(NCC1CCCCC1C(=O)O)c1cc(Br)c[nH]1. The number of carboxylic acid groups (broad SMARTS) is 1. The van der Waals surface area contributed by atoms with Gasteiger partial charge in [0.25, 0.3) is 5.91 Å². The molecule has 1 aromatic rings. The lowest BCUT2D eigenvalue weighted by Crippen LogP contribution is -2.37. The maximum Gasteiger partial charge on any atom is 0.306 e. The van der Waals surface area contributed by atoms with Gasteiger partial charge in [0.1, 0.15) is 5.69 Å². The molecule has 1 aliphatic rings. The number of hydrogen-bond donors (Lipinski definition) is 3. The van der Waals surface area contributed by atoms with Gasteiger partial charge in [-0.3, -0.25) is 9.59 Å². The van der Waals surface area contributed by atoms with E-state index in [4.69, 9.17) is 5.11 Å². The molecule has 1 saturated carbocycles. The molecule has 0 saturated heterocycles. The monoisotopic (exact) mass is 328 g/mol. The van der Waals surface area contributed by atoms with Gasteiger partial charge in [-0.15, -0.1) is 0 Å². The number of hydrogen-bond acceptors (Lipinski definition) is 2. The molecule has 1 fully saturated rings. The highest BCUT2D eigenvalue weighted by molar-refractivity contribution is 9.10. The Labute approximate surface area is 119 Å². The summed E-state index contributed by atoms with van der Waals surface area (Å²) in [6.45, 7) is 0.423. The summed E-state index contributed by atoms with van der Waals surface area (Å²) >= 11 is 3.27. The second-order valence-electron chi connectivity index (χ2n) is 4.93. The van der Waals surface area contributed by atoms with Gasteiger partial charge in [0, 0.05) is 17.2 Å². The number of amides is 1. The fraction of sp³-hybridized carbons (Fsp3) is 0.538. The molecule has 0 bridgehead atoms. The number of H-pyrrole nitrogens is 1. The Kier molecular flexibility index (Phi) is 4.63. The van der Waals surface area contributed by atoms with Crippen molar-refractivity contribution in [2.75, 3.05) is 6.54 Å². The van der Waals surface area contributed by atoms with Crippen LogP contribution in [0, 0.1) is 11.8 Å². The minimum Gasteiger partial charge on any atom is -0.481 e. The molecule has 6 heteroatoms. The van der Waals surface area contributed by atoms with E-state index in [-0.39, 0.29) is 17.7 Å². The van der Waals surface area contributed by atoms with Gasteiger partial charge in [-0.1, -0.05) is 12.8 Å². The summed E-state index contributed by atoms with van der Waals surface area (Å²) in [7, 11) is 0. The third-order valence-electron chi connectivity index (χ3n) is 3.64. The Bertz CT molecular complexity index is 472. The Morgan fingerprint density at radius 3 is 2.79 bits per heavy atom. The Balaban J connectivity index is 1.90. The zero-order chi connectivity index (χ0) is 13.8. The summed E-state index contributed by atoms with van der Waals surface area (Å²) in [5.74, 6) is -1.24. The number of carbonyl (C=O) groups is 2. The number of aliphatic carboxylic acids is 1. The Morgan fingerprint density at radius 2 is 2.16 bits per heavy atom. The van der Waals surface area contributed by atoms with E-state index >= 15 is 0 Å². The third kappa shape index (κ3) is 3.59. The van der Waals surface area contributed by atoms with E-state index in [0.717, 1.165) is 23.7 Å². The van der Waals surface area contributed by atoms with Crippen LogP contribution in [0.4, 0.5) is 0 Å². The molecule has 1 aliphatic carbocycles. The number of halogens is 1. The summed E-state index contributed by atoms with van der Waals surface area (Å²) in [5.41, 5.74) is 0.481. The number of carboxylic acids is 1. The topological polar surface area (TPSA) is 82.2 Å². The Hall–Kier alpha value is -1.30. The molecule has 1 amide bonds. The molecule has 0 aromatic carbocycles. The molecule has 3 N–H and O–H groups in total. The van der Waals surface area contributed by atoms with Gasteiger partial charge in [0.2, 0.25) is 0 Å². The maximum atomic E-state index is 11.9. The van der Waals surface area contributed by atoms with Crippen LogP contribution in [0.25, 0.3) is 0 Å². The van der Waals surface area contributed by atoms with Crippen molar-refractivity contribution in [1.29, 1.82) is 0 Å². The van der Waals surface area contributed by atoms with Crippen LogP contribution in [-0.2, 0) is 4.79 Å². The molecular weight excluding hydrogens is 312 g/mol. The Morgan fingerprint density at radius 1 is 1.42 bits per heavy atom. The second-order valence-corrected chi connectivity index (χ2v) is 5.85. The van der Waals surface area contributed by atoms with Crippen molar-refractivity contribution >= 4 is 27.8 Å². The van der Waals surface area contributed by atoms with Crippen molar-refractivity contribution in [3.8, 4) is 0 Å². The quantitative estimate of drug-likeness (QED) is 0.793. The highest BCUT2D eigenvalue weighted by atomic mass is 79.9. The normalized spacial score (nSPS) is 23.0. The highest BCUT2D eigenvalue weighted by Crippen LogP contribution is 2.29. The van der Waals surface area contributed by atoms with Crippen LogP contribution in [0.15, 0.2) is 16.7 Å². The van der Waals surface area contributed by atoms with Crippen LogP contribution < -0.4 is 5.32 Å². The molecule has 0 spiro atoms. The van der Waals surface area contributed by atoms with E-state index in [2.05, 4.69) is 26.2 Å².